The third-order valence-corrected chi connectivity index (χ3v) is 3.87. The second-order valence-electron chi connectivity index (χ2n) is 5.09. The van der Waals surface area contributed by atoms with E-state index in [0.717, 1.165) is 0 Å². The third-order valence-electron chi connectivity index (χ3n) is 3.87. The summed E-state index contributed by atoms with van der Waals surface area (Å²) >= 11 is 0. The van der Waals surface area contributed by atoms with Gasteiger partial charge in [0.1, 0.15) is 0 Å². The summed E-state index contributed by atoms with van der Waals surface area (Å²) in [7, 11) is 0. The summed E-state index contributed by atoms with van der Waals surface area (Å²) in [6.07, 6.45) is 0. The first-order valence-electron chi connectivity index (χ1n) is 6.73. The van der Waals surface area contributed by atoms with Crippen molar-refractivity contribution in [2.75, 3.05) is 6.79 Å². The number of benzene rings is 3. The van der Waals surface area contributed by atoms with Crippen molar-refractivity contribution in [1.29, 1.82) is 0 Å². The molecule has 1 radical (unpaired) electrons. The van der Waals surface area contributed by atoms with Crippen LogP contribution in [0.3, 0.4) is 0 Å². The minimum atomic E-state index is -1.26. The van der Waals surface area contributed by atoms with E-state index in [9.17, 15) is 20.0 Å². The van der Waals surface area contributed by atoms with Gasteiger partial charge in [0.25, 0.3) is 5.69 Å². The number of rotatable bonds is 2. The Kier molecular flexibility index (Phi) is 4.08. The fraction of sp³-hybridized carbons (Fsp3) is 0.0625. The number of fused-ring (bicyclic) bond motifs is 5. The van der Waals surface area contributed by atoms with Gasteiger partial charge in [-0.1, -0.05) is 24.3 Å². The van der Waals surface area contributed by atoms with E-state index in [0.29, 0.717) is 21.9 Å². The van der Waals surface area contributed by atoms with Crippen LogP contribution in [0.25, 0.3) is 21.5 Å². The molecule has 0 atom stereocenters. The minimum absolute atomic E-state index is 0. The molecule has 0 aliphatic carbocycles. The topological polar surface area (TPSA) is 98.9 Å². The second-order valence-corrected chi connectivity index (χ2v) is 5.09. The number of non-ortho nitro benzene ring substituents is 1. The van der Waals surface area contributed by atoms with Crippen LogP contribution in [0, 0.1) is 10.1 Å². The summed E-state index contributed by atoms with van der Waals surface area (Å²) in [5, 5.41) is 22.7. The van der Waals surface area contributed by atoms with Crippen LogP contribution in [0.1, 0.15) is 10.4 Å². The van der Waals surface area contributed by atoms with Gasteiger partial charge in [-0.15, -0.1) is 0 Å². The Bertz CT molecular complexity index is 1020. The molecule has 115 valence electrons. The van der Waals surface area contributed by atoms with Crippen LogP contribution >= 0.6 is 0 Å². The number of carboxylic acids is 1. The number of nitro groups is 1. The summed E-state index contributed by atoms with van der Waals surface area (Å²) in [6, 6.07) is 9.70. The first-order valence-corrected chi connectivity index (χ1v) is 6.73. The molecule has 0 amide bonds. The van der Waals surface area contributed by atoms with Crippen molar-refractivity contribution in [2.45, 2.75) is 0 Å². The van der Waals surface area contributed by atoms with Crippen LogP contribution in [0.2, 0.25) is 0 Å². The van der Waals surface area contributed by atoms with E-state index in [1.807, 2.05) is 0 Å². The molecule has 0 aromatic heterocycles. The molecule has 0 saturated carbocycles. The summed E-state index contributed by atoms with van der Waals surface area (Å²) < 4.78 is 10.7. The van der Waals surface area contributed by atoms with E-state index in [1.165, 1.54) is 12.1 Å². The smallest absolute Gasteiger partial charge is 0.336 e. The first-order chi connectivity index (χ1) is 11.1. The van der Waals surface area contributed by atoms with Crippen molar-refractivity contribution in [3.63, 3.8) is 0 Å². The van der Waals surface area contributed by atoms with Crippen molar-refractivity contribution in [3.8, 4) is 11.5 Å². The molecule has 1 aliphatic heterocycles. The predicted octanol–water partition coefficient (Wildman–Crippen LogP) is 2.95. The molecule has 1 heterocycles. The molecule has 24 heavy (non-hydrogen) atoms. The number of carboxylic acid groups (broad SMARTS) is 1. The molecule has 0 fully saturated rings. The summed E-state index contributed by atoms with van der Waals surface area (Å²) in [5.41, 5.74) is -0.448. The molecule has 1 N–H and O–H groups in total. The van der Waals surface area contributed by atoms with Gasteiger partial charge >= 0.3 is 5.97 Å². The van der Waals surface area contributed by atoms with E-state index in [1.54, 1.807) is 24.3 Å². The Morgan fingerprint density at radius 2 is 1.92 bits per heavy atom. The van der Waals surface area contributed by atoms with Crippen LogP contribution in [-0.4, -0.2) is 52.3 Å². The number of hydrogen-bond acceptors (Lipinski definition) is 5. The van der Waals surface area contributed by atoms with E-state index >= 15 is 0 Å². The van der Waals surface area contributed by atoms with Crippen LogP contribution in [0.4, 0.5) is 5.69 Å². The molecular formula is C16H9NNaO6. The van der Waals surface area contributed by atoms with Gasteiger partial charge in [-0.2, -0.15) is 0 Å². The maximum atomic E-state index is 11.6. The van der Waals surface area contributed by atoms with Gasteiger partial charge in [0, 0.05) is 41.0 Å². The molecule has 8 heteroatoms. The quantitative estimate of drug-likeness (QED) is 0.335. The van der Waals surface area contributed by atoms with E-state index in [4.69, 9.17) is 9.47 Å². The molecule has 7 nitrogen and oxygen atoms in total. The van der Waals surface area contributed by atoms with Gasteiger partial charge in [-0.05, 0) is 16.8 Å². The zero-order valence-electron chi connectivity index (χ0n) is 12.6. The Labute approximate surface area is 157 Å². The maximum absolute atomic E-state index is 11.6. The molecule has 0 saturated heterocycles. The molecule has 0 spiro atoms. The van der Waals surface area contributed by atoms with Gasteiger partial charge in [0.2, 0.25) is 6.79 Å². The summed E-state index contributed by atoms with van der Waals surface area (Å²) in [5.74, 6) is -0.642. The van der Waals surface area contributed by atoms with Crippen LogP contribution in [0.15, 0.2) is 36.4 Å². The number of ether oxygens (including phenoxy) is 2. The van der Waals surface area contributed by atoms with Crippen molar-refractivity contribution < 1.29 is 24.3 Å². The van der Waals surface area contributed by atoms with Crippen LogP contribution in [-0.2, 0) is 0 Å². The number of aromatic carboxylic acids is 1. The molecule has 4 rings (SSSR count). The third kappa shape index (κ3) is 2.29. The zero-order valence-corrected chi connectivity index (χ0v) is 14.6. The number of nitro benzene ring substituents is 1. The van der Waals surface area contributed by atoms with Gasteiger partial charge in [-0.3, -0.25) is 10.1 Å². The van der Waals surface area contributed by atoms with Crippen molar-refractivity contribution in [3.05, 3.63) is 52.1 Å². The molecular weight excluding hydrogens is 325 g/mol. The van der Waals surface area contributed by atoms with Crippen LogP contribution in [0.5, 0.6) is 11.5 Å². The average molecular weight is 334 g/mol. The van der Waals surface area contributed by atoms with Gasteiger partial charge in [0.15, 0.2) is 11.5 Å². The Hall–Kier alpha value is -2.35. The number of nitrogens with zero attached hydrogens (tertiary/aromatic N) is 1. The summed E-state index contributed by atoms with van der Waals surface area (Å²) in [4.78, 5) is 22.5. The Morgan fingerprint density at radius 3 is 2.62 bits per heavy atom. The average Bonchev–Trinajstić information content (AvgIpc) is 3.00. The van der Waals surface area contributed by atoms with Gasteiger partial charge in [-0.25, -0.2) is 4.79 Å². The molecule has 3 aromatic carbocycles. The summed E-state index contributed by atoms with van der Waals surface area (Å²) in [6.45, 7) is -0.0511. The number of hydrogen-bond donors (Lipinski definition) is 1. The van der Waals surface area contributed by atoms with E-state index < -0.39 is 10.9 Å². The second kappa shape index (κ2) is 5.94. The van der Waals surface area contributed by atoms with Crippen molar-refractivity contribution in [1.82, 2.24) is 0 Å². The van der Waals surface area contributed by atoms with E-state index in [2.05, 4.69) is 0 Å². The van der Waals surface area contributed by atoms with E-state index in [-0.39, 0.29) is 58.7 Å². The molecule has 3 aromatic rings. The fourth-order valence-corrected chi connectivity index (χ4v) is 2.95. The van der Waals surface area contributed by atoms with Crippen molar-refractivity contribution in [2.24, 2.45) is 0 Å². The largest absolute Gasteiger partial charge is 0.478 e. The monoisotopic (exact) mass is 334 g/mol. The van der Waals surface area contributed by atoms with Crippen LogP contribution < -0.4 is 9.47 Å². The molecule has 0 bridgehead atoms. The first kappa shape index (κ1) is 16.5. The predicted molar refractivity (Wildman–Crippen MR) is 86.9 cm³/mol. The molecule has 0 unspecified atom stereocenters. The maximum Gasteiger partial charge on any atom is 0.336 e. The van der Waals surface area contributed by atoms with Crippen molar-refractivity contribution >= 4 is 62.8 Å². The van der Waals surface area contributed by atoms with Gasteiger partial charge in [0.05, 0.1) is 15.9 Å². The standard InChI is InChI=1S/C16H9NO6.Na/c18-16(19)10-6-12-15(23-7-22-12)14-9-4-2-1-3-8(9)5-11(13(10)14)17(20)21;/h1-6H,7H2,(H,18,19);. The normalized spacial score (nSPS) is 12.2. The van der Waals surface area contributed by atoms with Gasteiger partial charge < -0.3 is 14.6 Å². The SMILES string of the molecule is O=C(O)c1cc2c(c3c1c([N+](=O)[O-])cc1ccccc13)OCO2.[Na]. The molecule has 1 aliphatic rings. The Morgan fingerprint density at radius 1 is 1.17 bits per heavy atom. The Balaban J connectivity index is 0.00000169. The zero-order chi connectivity index (χ0) is 16.1. The fourth-order valence-electron chi connectivity index (χ4n) is 2.95. The minimum Gasteiger partial charge on any atom is -0.478 e. The number of carbonyl (C=O) groups is 1.